The van der Waals surface area contributed by atoms with Crippen molar-refractivity contribution in [3.8, 4) is 5.75 Å². The van der Waals surface area contributed by atoms with E-state index in [0.29, 0.717) is 23.6 Å². The molecule has 2 aromatic carbocycles. The van der Waals surface area contributed by atoms with Gasteiger partial charge in [-0.05, 0) is 55.5 Å². The van der Waals surface area contributed by atoms with Crippen LogP contribution in [0.15, 0.2) is 53.0 Å². The molecule has 2 N–H and O–H groups in total. The standard InChI is InChI=1S/C18H17BrN2O5/c1-2-25-17(23)12-3-9-15(10-4-12)26-11-16(22)21-18(24)20-14-7-5-13(19)6-8-14/h3-10H,2,11H2,1H3,(H2,20,21,22,24). The fourth-order valence-corrected chi connectivity index (χ4v) is 2.17. The second-order valence-corrected chi connectivity index (χ2v) is 5.96. The summed E-state index contributed by atoms with van der Waals surface area (Å²) in [6, 6.07) is 12.4. The number of hydrogen-bond acceptors (Lipinski definition) is 5. The molecule has 0 fully saturated rings. The number of esters is 1. The van der Waals surface area contributed by atoms with E-state index in [1.807, 2.05) is 0 Å². The maximum absolute atomic E-state index is 11.8. The molecule has 8 heteroatoms. The Kier molecular flexibility index (Phi) is 7.16. The lowest BCUT2D eigenvalue weighted by molar-refractivity contribution is -0.121. The topological polar surface area (TPSA) is 93.7 Å². The third-order valence-electron chi connectivity index (χ3n) is 3.09. The number of halogens is 1. The van der Waals surface area contributed by atoms with Crippen molar-refractivity contribution in [2.45, 2.75) is 6.92 Å². The van der Waals surface area contributed by atoms with Crippen molar-refractivity contribution in [2.24, 2.45) is 0 Å². The molecular weight excluding hydrogens is 404 g/mol. The number of nitrogens with one attached hydrogen (secondary N) is 2. The van der Waals surface area contributed by atoms with Gasteiger partial charge >= 0.3 is 12.0 Å². The maximum Gasteiger partial charge on any atom is 0.338 e. The summed E-state index contributed by atoms with van der Waals surface area (Å²) in [7, 11) is 0. The van der Waals surface area contributed by atoms with Gasteiger partial charge in [0.25, 0.3) is 5.91 Å². The van der Waals surface area contributed by atoms with E-state index in [2.05, 4.69) is 26.6 Å². The smallest absolute Gasteiger partial charge is 0.338 e. The van der Waals surface area contributed by atoms with Gasteiger partial charge in [0.15, 0.2) is 6.61 Å². The molecule has 7 nitrogen and oxygen atoms in total. The van der Waals surface area contributed by atoms with Crippen molar-refractivity contribution in [1.82, 2.24) is 5.32 Å². The van der Waals surface area contributed by atoms with E-state index in [1.54, 1.807) is 43.3 Å². The second-order valence-electron chi connectivity index (χ2n) is 5.04. The van der Waals surface area contributed by atoms with E-state index in [1.165, 1.54) is 12.1 Å². The first kappa shape index (κ1) is 19.5. The molecule has 0 atom stereocenters. The van der Waals surface area contributed by atoms with Crippen molar-refractivity contribution >= 4 is 39.5 Å². The summed E-state index contributed by atoms with van der Waals surface area (Å²) in [5.41, 5.74) is 0.937. The number of rotatable bonds is 6. The summed E-state index contributed by atoms with van der Waals surface area (Å²) in [5.74, 6) is -0.642. The van der Waals surface area contributed by atoms with E-state index in [0.717, 1.165) is 4.47 Å². The van der Waals surface area contributed by atoms with Gasteiger partial charge in [0, 0.05) is 10.2 Å². The molecular formula is C18H17BrN2O5. The fraction of sp³-hybridized carbons (Fsp3) is 0.167. The zero-order chi connectivity index (χ0) is 18.9. The highest BCUT2D eigenvalue weighted by Gasteiger charge is 2.10. The SMILES string of the molecule is CCOC(=O)c1ccc(OCC(=O)NC(=O)Nc2ccc(Br)cc2)cc1. The van der Waals surface area contributed by atoms with E-state index >= 15 is 0 Å². The highest BCUT2D eigenvalue weighted by Crippen LogP contribution is 2.14. The first-order valence-electron chi connectivity index (χ1n) is 7.74. The lowest BCUT2D eigenvalue weighted by Gasteiger charge is -2.09. The van der Waals surface area contributed by atoms with Gasteiger partial charge in [-0.2, -0.15) is 0 Å². The molecule has 0 spiro atoms. The molecule has 0 aliphatic carbocycles. The Balaban J connectivity index is 1.78. The van der Waals surface area contributed by atoms with Crippen LogP contribution in [0.1, 0.15) is 17.3 Å². The van der Waals surface area contributed by atoms with Crippen LogP contribution in [0.5, 0.6) is 5.75 Å². The number of anilines is 1. The number of imide groups is 1. The minimum Gasteiger partial charge on any atom is -0.484 e. The van der Waals surface area contributed by atoms with Crippen LogP contribution in [0.25, 0.3) is 0 Å². The Labute approximate surface area is 158 Å². The van der Waals surface area contributed by atoms with Crippen LogP contribution in [0, 0.1) is 0 Å². The zero-order valence-electron chi connectivity index (χ0n) is 14.0. The Hall–Kier alpha value is -2.87. The van der Waals surface area contributed by atoms with Crippen LogP contribution in [0.4, 0.5) is 10.5 Å². The minimum absolute atomic E-state index is 0.291. The summed E-state index contributed by atoms with van der Waals surface area (Å²) in [6.07, 6.45) is 0. The maximum atomic E-state index is 11.8. The monoisotopic (exact) mass is 420 g/mol. The first-order chi connectivity index (χ1) is 12.5. The molecule has 0 aliphatic heterocycles. The minimum atomic E-state index is -0.654. The Morgan fingerprint density at radius 2 is 1.65 bits per heavy atom. The van der Waals surface area contributed by atoms with E-state index in [9.17, 15) is 14.4 Å². The predicted molar refractivity (Wildman–Crippen MR) is 99.2 cm³/mol. The summed E-state index contributed by atoms with van der Waals surface area (Å²) in [5, 5.41) is 4.69. The van der Waals surface area contributed by atoms with Gasteiger partial charge in [0.2, 0.25) is 0 Å². The molecule has 0 aromatic heterocycles. The second kappa shape index (κ2) is 9.57. The Morgan fingerprint density at radius 3 is 2.27 bits per heavy atom. The molecule has 0 aliphatic rings. The van der Waals surface area contributed by atoms with Gasteiger partial charge in [0.05, 0.1) is 12.2 Å². The predicted octanol–water partition coefficient (Wildman–Crippen LogP) is 3.35. The molecule has 0 unspecified atom stereocenters. The third kappa shape index (κ3) is 6.21. The molecule has 0 saturated carbocycles. The van der Waals surface area contributed by atoms with Crippen molar-refractivity contribution in [1.29, 1.82) is 0 Å². The summed E-state index contributed by atoms with van der Waals surface area (Å²) in [4.78, 5) is 35.0. The largest absolute Gasteiger partial charge is 0.484 e. The van der Waals surface area contributed by atoms with Gasteiger partial charge < -0.3 is 14.8 Å². The Bertz CT molecular complexity index is 775. The number of carbonyl (C=O) groups excluding carboxylic acids is 3. The van der Waals surface area contributed by atoms with Crippen molar-refractivity contribution < 1.29 is 23.9 Å². The Morgan fingerprint density at radius 1 is 1.00 bits per heavy atom. The van der Waals surface area contributed by atoms with Crippen LogP contribution >= 0.6 is 15.9 Å². The highest BCUT2D eigenvalue weighted by atomic mass is 79.9. The number of hydrogen-bond donors (Lipinski definition) is 2. The highest BCUT2D eigenvalue weighted by molar-refractivity contribution is 9.10. The lowest BCUT2D eigenvalue weighted by Crippen LogP contribution is -2.37. The summed E-state index contributed by atoms with van der Waals surface area (Å²) in [6.45, 7) is 1.67. The molecule has 0 bridgehead atoms. The number of ether oxygens (including phenoxy) is 2. The van der Waals surface area contributed by atoms with Crippen molar-refractivity contribution in [3.05, 3.63) is 58.6 Å². The van der Waals surface area contributed by atoms with Gasteiger partial charge in [-0.25, -0.2) is 9.59 Å². The van der Waals surface area contributed by atoms with Crippen LogP contribution in [-0.2, 0) is 9.53 Å². The third-order valence-corrected chi connectivity index (χ3v) is 3.62. The van der Waals surface area contributed by atoms with Crippen molar-refractivity contribution in [2.75, 3.05) is 18.5 Å². The molecule has 0 heterocycles. The lowest BCUT2D eigenvalue weighted by atomic mass is 10.2. The van der Waals surface area contributed by atoms with E-state index in [4.69, 9.17) is 9.47 Å². The molecule has 3 amide bonds. The average Bonchev–Trinajstić information content (AvgIpc) is 2.62. The van der Waals surface area contributed by atoms with Crippen LogP contribution in [0.2, 0.25) is 0 Å². The van der Waals surface area contributed by atoms with Gasteiger partial charge in [-0.1, -0.05) is 15.9 Å². The molecule has 0 radical (unpaired) electrons. The zero-order valence-corrected chi connectivity index (χ0v) is 15.5. The van der Waals surface area contributed by atoms with E-state index in [-0.39, 0.29) is 6.61 Å². The molecule has 2 aromatic rings. The summed E-state index contributed by atoms with van der Waals surface area (Å²) >= 11 is 3.29. The summed E-state index contributed by atoms with van der Waals surface area (Å²) < 4.78 is 11.0. The first-order valence-corrected chi connectivity index (χ1v) is 8.53. The molecule has 26 heavy (non-hydrogen) atoms. The van der Waals surface area contributed by atoms with E-state index < -0.39 is 17.9 Å². The van der Waals surface area contributed by atoms with Gasteiger partial charge in [0.1, 0.15) is 5.75 Å². The molecule has 136 valence electrons. The number of urea groups is 1. The van der Waals surface area contributed by atoms with Gasteiger partial charge in [-0.3, -0.25) is 10.1 Å². The quantitative estimate of drug-likeness (QED) is 0.698. The van der Waals surface area contributed by atoms with Crippen LogP contribution in [0.3, 0.4) is 0 Å². The number of benzene rings is 2. The van der Waals surface area contributed by atoms with Crippen LogP contribution < -0.4 is 15.4 Å². The fourth-order valence-electron chi connectivity index (χ4n) is 1.91. The number of carbonyl (C=O) groups is 3. The molecule has 0 saturated heterocycles. The van der Waals surface area contributed by atoms with Crippen molar-refractivity contribution in [3.63, 3.8) is 0 Å². The molecule has 2 rings (SSSR count). The van der Waals surface area contributed by atoms with Gasteiger partial charge in [-0.15, -0.1) is 0 Å². The number of amides is 3. The average molecular weight is 421 g/mol. The normalized spacial score (nSPS) is 9.92. The van der Waals surface area contributed by atoms with Crippen LogP contribution in [-0.4, -0.2) is 31.1 Å².